The number of rotatable bonds is 4. The van der Waals surface area contributed by atoms with Crippen LogP contribution in [0.25, 0.3) is 38.6 Å². The van der Waals surface area contributed by atoms with E-state index in [9.17, 15) is 5.48 Å². The third-order valence-electron chi connectivity index (χ3n) is 8.78. The summed E-state index contributed by atoms with van der Waals surface area (Å²) in [6.07, 6.45) is 0. The Hall–Kier alpha value is -5.86. The Morgan fingerprint density at radius 3 is 1.89 bits per heavy atom. The SMILES string of the molecule is [2H]c1c([2H])c([2H])c2c(c1[2H])Oc1c([2H])c([2H])c(-c3ccc4c5ccccc5n(-c5ccccc5)c4c3)c([2H])c1C2(c1ccccc1)c1ccccc1. The van der Waals surface area contributed by atoms with Crippen LogP contribution in [-0.2, 0) is 5.41 Å². The normalized spacial score (nSPS) is 15.4. The smallest absolute Gasteiger partial charge is 0.132 e. The molecule has 0 saturated carbocycles. The van der Waals surface area contributed by atoms with E-state index in [0.717, 1.165) is 27.5 Å². The fourth-order valence-electron chi connectivity index (χ4n) is 6.85. The Balaban J connectivity index is 1.43. The molecular formula is C43H29NO. The van der Waals surface area contributed by atoms with E-state index in [1.807, 2.05) is 121 Å². The molecule has 45 heavy (non-hydrogen) atoms. The van der Waals surface area contributed by atoms with Crippen molar-refractivity contribution in [1.82, 2.24) is 4.57 Å². The summed E-state index contributed by atoms with van der Waals surface area (Å²) in [5, 5.41) is 2.06. The van der Waals surface area contributed by atoms with Crippen LogP contribution in [0.1, 0.15) is 31.8 Å². The van der Waals surface area contributed by atoms with Crippen molar-refractivity contribution in [2.75, 3.05) is 0 Å². The Labute approximate surface area is 272 Å². The summed E-state index contributed by atoms with van der Waals surface area (Å²) in [6.45, 7) is 0. The molecule has 1 aliphatic rings. The average Bonchev–Trinajstić information content (AvgIpc) is 3.52. The molecule has 0 spiro atoms. The third-order valence-corrected chi connectivity index (χ3v) is 8.78. The van der Waals surface area contributed by atoms with Gasteiger partial charge in [0.05, 0.1) is 26.0 Å². The van der Waals surface area contributed by atoms with Crippen LogP contribution in [0, 0.1) is 0 Å². The zero-order valence-electron chi connectivity index (χ0n) is 31.1. The van der Waals surface area contributed by atoms with E-state index < -0.39 is 23.5 Å². The molecule has 7 aromatic carbocycles. The molecule has 2 heterocycles. The van der Waals surface area contributed by atoms with Gasteiger partial charge in [-0.05, 0) is 64.6 Å². The second-order valence-electron chi connectivity index (χ2n) is 11.2. The van der Waals surface area contributed by atoms with E-state index in [1.165, 1.54) is 0 Å². The first-order valence-electron chi connectivity index (χ1n) is 18.4. The van der Waals surface area contributed by atoms with Gasteiger partial charge in [-0.15, -0.1) is 0 Å². The van der Waals surface area contributed by atoms with Crippen LogP contribution in [0.4, 0.5) is 0 Å². The number of hydrogen-bond donors (Lipinski definition) is 0. The predicted octanol–water partition coefficient (Wildman–Crippen LogP) is 10.9. The van der Waals surface area contributed by atoms with Gasteiger partial charge in [-0.1, -0.05) is 133 Å². The molecule has 212 valence electrons. The first-order chi connectivity index (χ1) is 25.2. The molecule has 0 bridgehead atoms. The van der Waals surface area contributed by atoms with Gasteiger partial charge >= 0.3 is 0 Å². The molecule has 0 fully saturated rings. The van der Waals surface area contributed by atoms with Crippen LogP contribution in [0.5, 0.6) is 11.5 Å². The lowest BCUT2D eigenvalue weighted by Crippen LogP contribution is -2.34. The van der Waals surface area contributed by atoms with Crippen molar-refractivity contribution in [3.63, 3.8) is 0 Å². The van der Waals surface area contributed by atoms with Crippen molar-refractivity contribution in [1.29, 1.82) is 0 Å². The molecule has 0 saturated heterocycles. The highest BCUT2D eigenvalue weighted by atomic mass is 16.5. The summed E-state index contributed by atoms with van der Waals surface area (Å²) in [4.78, 5) is 0. The molecule has 8 aromatic rings. The highest BCUT2D eigenvalue weighted by molar-refractivity contribution is 6.10. The minimum absolute atomic E-state index is 0.0662. The van der Waals surface area contributed by atoms with Crippen molar-refractivity contribution < 1.29 is 14.3 Å². The van der Waals surface area contributed by atoms with Gasteiger partial charge in [-0.25, -0.2) is 0 Å². The van der Waals surface area contributed by atoms with Crippen LogP contribution >= 0.6 is 0 Å². The number of benzene rings is 7. The van der Waals surface area contributed by atoms with Gasteiger partial charge in [0.1, 0.15) is 11.5 Å². The lowest BCUT2D eigenvalue weighted by atomic mass is 9.63. The van der Waals surface area contributed by atoms with Crippen molar-refractivity contribution in [3.05, 3.63) is 198 Å². The number of para-hydroxylation sites is 3. The molecule has 9 rings (SSSR count). The van der Waals surface area contributed by atoms with E-state index in [1.54, 1.807) is 0 Å². The van der Waals surface area contributed by atoms with Crippen LogP contribution in [0.2, 0.25) is 0 Å². The fraction of sp³-hybridized carbons (Fsp3) is 0.0233. The second-order valence-corrected chi connectivity index (χ2v) is 11.2. The van der Waals surface area contributed by atoms with Crippen LogP contribution < -0.4 is 4.74 Å². The second kappa shape index (κ2) is 10.1. The van der Waals surface area contributed by atoms with Crippen molar-refractivity contribution >= 4 is 21.8 Å². The first-order valence-corrected chi connectivity index (χ1v) is 14.9. The van der Waals surface area contributed by atoms with E-state index >= 15 is 0 Å². The first kappa shape index (κ1) is 19.4. The Morgan fingerprint density at radius 1 is 0.511 bits per heavy atom. The molecule has 2 nitrogen and oxygen atoms in total. The van der Waals surface area contributed by atoms with E-state index in [0.29, 0.717) is 16.7 Å². The highest BCUT2D eigenvalue weighted by Gasteiger charge is 2.45. The minimum atomic E-state index is -1.51. The highest BCUT2D eigenvalue weighted by Crippen LogP contribution is 2.55. The Morgan fingerprint density at radius 2 is 1.13 bits per heavy atom. The summed E-state index contributed by atoms with van der Waals surface area (Å²) >= 11 is 0. The van der Waals surface area contributed by atoms with E-state index in [2.05, 4.69) is 16.7 Å². The number of hydrogen-bond acceptors (Lipinski definition) is 1. The van der Waals surface area contributed by atoms with Crippen molar-refractivity contribution in [2.24, 2.45) is 0 Å². The Bertz CT molecular complexity index is 2690. The predicted molar refractivity (Wildman–Crippen MR) is 185 cm³/mol. The molecule has 1 aliphatic heterocycles. The molecule has 0 aliphatic carbocycles. The maximum Gasteiger partial charge on any atom is 0.132 e. The summed E-state index contributed by atoms with van der Waals surface area (Å²) in [6, 6.07) is 40.5. The van der Waals surface area contributed by atoms with Crippen molar-refractivity contribution in [3.8, 4) is 28.3 Å². The largest absolute Gasteiger partial charge is 0.457 e. The molecule has 1 aromatic heterocycles. The number of nitrogens with zero attached hydrogens (tertiary/aromatic N) is 1. The maximum absolute atomic E-state index is 10.1. The molecule has 0 unspecified atom stereocenters. The monoisotopic (exact) mass is 582 g/mol. The van der Waals surface area contributed by atoms with E-state index in [-0.39, 0.29) is 52.4 Å². The summed E-state index contributed by atoms with van der Waals surface area (Å²) in [7, 11) is 0. The molecule has 0 atom stereocenters. The lowest BCUT2D eigenvalue weighted by molar-refractivity contribution is 0.434. The van der Waals surface area contributed by atoms with Crippen LogP contribution in [0.3, 0.4) is 0 Å². The van der Waals surface area contributed by atoms with Crippen LogP contribution in [-0.4, -0.2) is 4.57 Å². The van der Waals surface area contributed by atoms with Gasteiger partial charge < -0.3 is 9.30 Å². The fourth-order valence-corrected chi connectivity index (χ4v) is 6.85. The topological polar surface area (TPSA) is 14.2 Å². The Kier molecular flexibility index (Phi) is 4.36. The maximum atomic E-state index is 10.1. The van der Waals surface area contributed by atoms with Crippen molar-refractivity contribution in [2.45, 2.75) is 5.41 Å². The van der Waals surface area contributed by atoms with E-state index in [4.69, 9.17) is 8.85 Å². The molecule has 2 heteroatoms. The van der Waals surface area contributed by atoms with Gasteiger partial charge in [0.15, 0.2) is 0 Å². The molecule has 0 N–H and O–H groups in total. The quantitative estimate of drug-likeness (QED) is 0.201. The van der Waals surface area contributed by atoms with Gasteiger partial charge in [-0.2, -0.15) is 0 Å². The molecule has 0 amide bonds. The third kappa shape index (κ3) is 3.82. The minimum Gasteiger partial charge on any atom is -0.457 e. The van der Waals surface area contributed by atoms with Crippen LogP contribution in [0.15, 0.2) is 176 Å². The van der Waals surface area contributed by atoms with Gasteiger partial charge in [0, 0.05) is 27.6 Å². The molecule has 0 radical (unpaired) electrons. The number of ether oxygens (including phenoxy) is 1. The number of aromatic nitrogens is 1. The summed E-state index contributed by atoms with van der Waals surface area (Å²) in [5.41, 5.74) is 3.77. The standard InChI is InChI=1S/C43H29NO/c1-4-14-32(15-5-1)43(33-16-6-2-7-17-33)37-21-11-13-23-41(37)45-42-27-25-30(28-38(42)43)31-24-26-36-35-20-10-12-22-39(35)44(40(36)29-31)34-18-8-3-9-19-34/h1-29H/i11D,13D,21D,23D,25D,27D,28D. The van der Waals surface area contributed by atoms with Gasteiger partial charge in [0.25, 0.3) is 0 Å². The molecular weight excluding hydrogens is 546 g/mol. The number of fused-ring (bicyclic) bond motifs is 5. The lowest BCUT2D eigenvalue weighted by Gasteiger charge is -2.41. The summed E-state index contributed by atoms with van der Waals surface area (Å²) in [5.74, 6) is -0.205. The van der Waals surface area contributed by atoms with Gasteiger partial charge in [-0.3, -0.25) is 0 Å². The zero-order valence-corrected chi connectivity index (χ0v) is 24.1. The average molecular weight is 583 g/mol. The summed E-state index contributed by atoms with van der Waals surface area (Å²) < 4.78 is 73.0. The zero-order chi connectivity index (χ0) is 35.9. The van der Waals surface area contributed by atoms with Gasteiger partial charge in [0.2, 0.25) is 0 Å².